The average molecular weight is 326 g/mol. The van der Waals surface area contributed by atoms with Crippen LogP contribution in [-0.2, 0) is 5.66 Å². The van der Waals surface area contributed by atoms with Crippen LogP contribution >= 0.6 is 0 Å². The average Bonchev–Trinajstić information content (AvgIpc) is 2.64. The summed E-state index contributed by atoms with van der Waals surface area (Å²) in [5.41, 5.74) is 24.3. The van der Waals surface area contributed by atoms with E-state index >= 15 is 0 Å². The van der Waals surface area contributed by atoms with Crippen molar-refractivity contribution in [3.05, 3.63) is 71.8 Å². The van der Waals surface area contributed by atoms with Crippen LogP contribution in [0, 0.1) is 5.92 Å². The first-order valence-corrected chi connectivity index (χ1v) is 8.72. The zero-order chi connectivity index (χ0) is 17.4. The van der Waals surface area contributed by atoms with Gasteiger partial charge in [0.15, 0.2) is 0 Å². The van der Waals surface area contributed by atoms with Crippen molar-refractivity contribution in [1.82, 2.24) is 0 Å². The zero-order valence-electron chi connectivity index (χ0n) is 14.3. The molecule has 1 saturated carbocycles. The Balaban J connectivity index is 0.000000198. The largest absolute Gasteiger partial charge is 0.316 e. The summed E-state index contributed by atoms with van der Waals surface area (Å²) in [5, 5.41) is 0. The maximum Gasteiger partial charge on any atom is 0.116 e. The summed E-state index contributed by atoms with van der Waals surface area (Å²) < 4.78 is 0. The van der Waals surface area contributed by atoms with Crippen LogP contribution in [0.2, 0.25) is 0 Å². The Morgan fingerprint density at radius 1 is 0.708 bits per heavy atom. The summed E-state index contributed by atoms with van der Waals surface area (Å²) in [7, 11) is 0. The molecule has 0 heterocycles. The molecule has 0 unspecified atom stereocenters. The van der Waals surface area contributed by atoms with Gasteiger partial charge in [0.1, 0.15) is 5.66 Å². The molecule has 24 heavy (non-hydrogen) atoms. The van der Waals surface area contributed by atoms with Gasteiger partial charge in [0, 0.05) is 0 Å². The second-order valence-corrected chi connectivity index (χ2v) is 6.58. The van der Waals surface area contributed by atoms with Crippen molar-refractivity contribution in [3.8, 4) is 0 Å². The minimum absolute atomic E-state index is 0.0645. The molecule has 3 rings (SSSR count). The zero-order valence-corrected chi connectivity index (χ0v) is 14.3. The van der Waals surface area contributed by atoms with Gasteiger partial charge < -0.3 is 22.9 Å². The minimum atomic E-state index is -0.914. The summed E-state index contributed by atoms with van der Waals surface area (Å²) in [5.74, 6) is 0.610. The minimum Gasteiger partial charge on any atom is -0.316 e. The Morgan fingerprint density at radius 3 is 1.46 bits per heavy atom. The molecule has 0 aromatic heterocycles. The summed E-state index contributed by atoms with van der Waals surface area (Å²) in [6.07, 6.45) is 6.47. The van der Waals surface area contributed by atoms with Crippen LogP contribution in [0.3, 0.4) is 0 Å². The maximum absolute atomic E-state index is 6.14. The monoisotopic (exact) mass is 326 g/mol. The predicted octanol–water partition coefficient (Wildman–Crippen LogP) is 2.62. The summed E-state index contributed by atoms with van der Waals surface area (Å²) in [6, 6.07) is 19.4. The molecule has 130 valence electrons. The van der Waals surface area contributed by atoms with Crippen molar-refractivity contribution >= 4 is 0 Å². The van der Waals surface area contributed by atoms with Crippen molar-refractivity contribution < 1.29 is 0 Å². The molecular weight excluding hydrogens is 296 g/mol. The lowest BCUT2D eigenvalue weighted by Crippen LogP contribution is -2.46. The fourth-order valence-corrected chi connectivity index (χ4v) is 3.11. The first-order chi connectivity index (χ1) is 11.5. The summed E-state index contributed by atoms with van der Waals surface area (Å²) in [4.78, 5) is 0. The number of nitrogens with two attached hydrogens (primary N) is 4. The molecule has 0 atom stereocenters. The van der Waals surface area contributed by atoms with Crippen LogP contribution in [-0.4, -0.2) is 6.17 Å². The van der Waals surface area contributed by atoms with Crippen LogP contribution < -0.4 is 22.9 Å². The molecule has 0 saturated heterocycles. The fourth-order valence-electron chi connectivity index (χ4n) is 3.11. The van der Waals surface area contributed by atoms with Crippen molar-refractivity contribution in [1.29, 1.82) is 0 Å². The van der Waals surface area contributed by atoms with E-state index in [4.69, 9.17) is 22.9 Å². The van der Waals surface area contributed by atoms with E-state index in [1.54, 1.807) is 0 Å². The number of benzene rings is 2. The van der Waals surface area contributed by atoms with Gasteiger partial charge in [-0.15, -0.1) is 0 Å². The predicted molar refractivity (Wildman–Crippen MR) is 101 cm³/mol. The van der Waals surface area contributed by atoms with E-state index in [1.807, 2.05) is 60.7 Å². The number of rotatable bonds is 3. The highest BCUT2D eigenvalue weighted by atomic mass is 15.0. The standard InChI is InChI=1S/C13H14N2.C7H16N2/c14-13(15,11-7-3-1-4-8-11)12-9-5-2-6-10-12;8-7(9)6-4-2-1-3-5-6/h1-10H,14-15H2;6-7H,1-5,8-9H2. The van der Waals surface area contributed by atoms with Crippen LogP contribution in [0.5, 0.6) is 0 Å². The molecule has 1 aliphatic rings. The van der Waals surface area contributed by atoms with Gasteiger partial charge in [0.05, 0.1) is 6.17 Å². The lowest BCUT2D eigenvalue weighted by atomic mass is 9.87. The Kier molecular flexibility index (Phi) is 6.94. The topological polar surface area (TPSA) is 104 Å². The molecule has 0 aliphatic heterocycles. The quantitative estimate of drug-likeness (QED) is 0.651. The first kappa shape index (κ1) is 18.6. The number of hydrogen-bond donors (Lipinski definition) is 4. The lowest BCUT2D eigenvalue weighted by Gasteiger charge is -2.25. The van der Waals surface area contributed by atoms with Crippen molar-refractivity contribution in [2.24, 2.45) is 28.9 Å². The van der Waals surface area contributed by atoms with Gasteiger partial charge in [-0.05, 0) is 29.9 Å². The maximum atomic E-state index is 6.14. The smallest absolute Gasteiger partial charge is 0.116 e. The number of hydrogen-bond acceptors (Lipinski definition) is 4. The summed E-state index contributed by atoms with van der Waals surface area (Å²) >= 11 is 0. The second-order valence-electron chi connectivity index (χ2n) is 6.58. The SMILES string of the molecule is NC(N)(c1ccccc1)c1ccccc1.NC(N)C1CCCCC1. The van der Waals surface area contributed by atoms with Gasteiger partial charge in [-0.3, -0.25) is 0 Å². The molecule has 1 aliphatic carbocycles. The van der Waals surface area contributed by atoms with E-state index in [0.717, 1.165) is 11.1 Å². The van der Waals surface area contributed by atoms with Crippen LogP contribution in [0.1, 0.15) is 43.2 Å². The molecule has 0 radical (unpaired) electrons. The molecule has 4 heteroatoms. The van der Waals surface area contributed by atoms with E-state index in [-0.39, 0.29) is 6.17 Å². The van der Waals surface area contributed by atoms with Crippen molar-refractivity contribution in [2.45, 2.75) is 43.9 Å². The van der Waals surface area contributed by atoms with Crippen molar-refractivity contribution in [2.75, 3.05) is 0 Å². The Morgan fingerprint density at radius 2 is 1.12 bits per heavy atom. The second kappa shape index (κ2) is 8.94. The van der Waals surface area contributed by atoms with E-state index in [9.17, 15) is 0 Å². The molecule has 1 fully saturated rings. The van der Waals surface area contributed by atoms with Crippen LogP contribution in [0.15, 0.2) is 60.7 Å². The normalized spacial score (nSPS) is 15.7. The van der Waals surface area contributed by atoms with Gasteiger partial charge in [-0.1, -0.05) is 79.9 Å². The molecule has 2 aromatic carbocycles. The Hall–Kier alpha value is -1.72. The van der Waals surface area contributed by atoms with E-state index in [1.165, 1.54) is 32.1 Å². The Bertz CT molecular complexity index is 534. The van der Waals surface area contributed by atoms with Crippen LogP contribution in [0.4, 0.5) is 0 Å². The van der Waals surface area contributed by atoms with Crippen molar-refractivity contribution in [3.63, 3.8) is 0 Å². The van der Waals surface area contributed by atoms with E-state index in [0.29, 0.717) is 5.92 Å². The highest BCUT2D eigenvalue weighted by Gasteiger charge is 2.23. The Labute approximate surface area is 145 Å². The lowest BCUT2D eigenvalue weighted by molar-refractivity contribution is 0.309. The van der Waals surface area contributed by atoms with Gasteiger partial charge in [0.2, 0.25) is 0 Å². The van der Waals surface area contributed by atoms with Gasteiger partial charge in [-0.25, -0.2) is 0 Å². The summed E-state index contributed by atoms with van der Waals surface area (Å²) in [6.45, 7) is 0. The first-order valence-electron chi connectivity index (χ1n) is 8.72. The molecule has 0 bridgehead atoms. The molecule has 0 amide bonds. The molecular formula is C20H30N4. The highest BCUT2D eigenvalue weighted by molar-refractivity contribution is 5.35. The molecule has 8 N–H and O–H groups in total. The van der Waals surface area contributed by atoms with E-state index in [2.05, 4.69) is 0 Å². The third kappa shape index (κ3) is 5.14. The van der Waals surface area contributed by atoms with Gasteiger partial charge >= 0.3 is 0 Å². The van der Waals surface area contributed by atoms with E-state index < -0.39 is 5.66 Å². The third-order valence-corrected chi connectivity index (χ3v) is 4.70. The third-order valence-electron chi connectivity index (χ3n) is 4.70. The molecule has 0 spiro atoms. The fraction of sp³-hybridized carbons (Fsp3) is 0.400. The highest BCUT2D eigenvalue weighted by Crippen LogP contribution is 2.23. The molecule has 4 nitrogen and oxygen atoms in total. The van der Waals surface area contributed by atoms with Gasteiger partial charge in [0.25, 0.3) is 0 Å². The van der Waals surface area contributed by atoms with Gasteiger partial charge in [-0.2, -0.15) is 0 Å². The van der Waals surface area contributed by atoms with Crippen LogP contribution in [0.25, 0.3) is 0 Å². The molecule has 2 aromatic rings.